The van der Waals surface area contributed by atoms with E-state index in [4.69, 9.17) is 4.74 Å². The Morgan fingerprint density at radius 1 is 1.03 bits per heavy atom. The lowest BCUT2D eigenvalue weighted by Crippen LogP contribution is -2.35. The van der Waals surface area contributed by atoms with Gasteiger partial charge in [0.15, 0.2) is 5.65 Å². The Bertz CT molecular complexity index is 1140. The van der Waals surface area contributed by atoms with Gasteiger partial charge in [-0.2, -0.15) is 15.2 Å². The maximum Gasteiger partial charge on any atom is 0.229 e. The molecule has 1 fully saturated rings. The molecule has 0 amide bonds. The van der Waals surface area contributed by atoms with E-state index in [0.717, 1.165) is 49.6 Å². The van der Waals surface area contributed by atoms with E-state index in [9.17, 15) is 0 Å². The quantitative estimate of drug-likeness (QED) is 0.527. The van der Waals surface area contributed by atoms with Crippen LogP contribution in [0.1, 0.15) is 11.1 Å². The maximum absolute atomic E-state index is 5.45. The molecule has 1 aliphatic rings. The van der Waals surface area contributed by atoms with E-state index in [1.54, 1.807) is 23.3 Å². The Morgan fingerprint density at radius 2 is 1.87 bits per heavy atom. The van der Waals surface area contributed by atoms with Crippen LogP contribution in [0.15, 0.2) is 49.1 Å². The molecule has 154 valence electrons. The Hall–Kier alpha value is -3.30. The van der Waals surface area contributed by atoms with Gasteiger partial charge in [0.1, 0.15) is 0 Å². The number of aromatic nitrogens is 6. The van der Waals surface area contributed by atoms with Crippen LogP contribution in [0.4, 0.5) is 11.6 Å². The van der Waals surface area contributed by atoms with Crippen LogP contribution in [0.25, 0.3) is 11.0 Å². The van der Waals surface area contributed by atoms with E-state index in [1.165, 1.54) is 11.1 Å². The predicted molar refractivity (Wildman–Crippen MR) is 113 cm³/mol. The van der Waals surface area contributed by atoms with Crippen molar-refractivity contribution in [3.63, 3.8) is 0 Å². The summed E-state index contributed by atoms with van der Waals surface area (Å²) < 4.78 is 9.09. The number of nitrogens with one attached hydrogen (secondary N) is 1. The Balaban J connectivity index is 1.34. The number of aryl methyl sites for hydroxylation is 1. The first-order valence-corrected chi connectivity index (χ1v) is 10.0. The Labute approximate surface area is 174 Å². The second-order valence-electron chi connectivity index (χ2n) is 7.51. The number of nitrogens with zero attached hydrogens (tertiary/aromatic N) is 7. The van der Waals surface area contributed by atoms with Gasteiger partial charge in [-0.3, -0.25) is 9.58 Å². The lowest BCUT2D eigenvalue weighted by Gasteiger charge is -2.26. The summed E-state index contributed by atoms with van der Waals surface area (Å²) in [5.74, 6) is 0.526. The molecule has 0 bridgehead atoms. The molecule has 1 N–H and O–H groups in total. The van der Waals surface area contributed by atoms with Gasteiger partial charge >= 0.3 is 0 Å². The summed E-state index contributed by atoms with van der Waals surface area (Å²) in [6, 6.07) is 8.67. The second-order valence-corrected chi connectivity index (χ2v) is 7.51. The van der Waals surface area contributed by atoms with Gasteiger partial charge in [0, 0.05) is 39.1 Å². The maximum atomic E-state index is 5.45. The molecule has 9 nitrogen and oxygen atoms in total. The predicted octanol–water partition coefficient (Wildman–Crippen LogP) is 2.18. The van der Waals surface area contributed by atoms with Crippen LogP contribution < -0.4 is 5.32 Å². The lowest BCUT2D eigenvalue weighted by molar-refractivity contribution is 0.0342. The number of fused-ring (bicyclic) bond motifs is 1. The van der Waals surface area contributed by atoms with Crippen molar-refractivity contribution in [2.75, 3.05) is 31.6 Å². The topological polar surface area (TPSA) is 85.9 Å². The van der Waals surface area contributed by atoms with Gasteiger partial charge in [0.05, 0.1) is 43.2 Å². The molecule has 4 heterocycles. The third-order valence-corrected chi connectivity index (χ3v) is 5.17. The highest BCUT2D eigenvalue weighted by Crippen LogP contribution is 2.18. The van der Waals surface area contributed by atoms with E-state index in [1.807, 2.05) is 17.9 Å². The first kappa shape index (κ1) is 18.7. The highest BCUT2D eigenvalue weighted by atomic mass is 16.5. The molecular formula is C21H24N8O. The minimum Gasteiger partial charge on any atom is -0.379 e. The number of anilines is 2. The van der Waals surface area contributed by atoms with E-state index in [2.05, 4.69) is 54.6 Å². The first-order valence-electron chi connectivity index (χ1n) is 10.0. The summed E-state index contributed by atoms with van der Waals surface area (Å²) in [6.45, 7) is 5.19. The van der Waals surface area contributed by atoms with Crippen molar-refractivity contribution in [1.29, 1.82) is 0 Å². The van der Waals surface area contributed by atoms with Crippen LogP contribution in [-0.2, 0) is 24.9 Å². The van der Waals surface area contributed by atoms with Crippen LogP contribution in [-0.4, -0.2) is 60.7 Å². The lowest BCUT2D eigenvalue weighted by atomic mass is 10.1. The molecule has 5 rings (SSSR count). The zero-order valence-corrected chi connectivity index (χ0v) is 16.9. The third kappa shape index (κ3) is 4.17. The van der Waals surface area contributed by atoms with E-state index in [-0.39, 0.29) is 0 Å². The summed E-state index contributed by atoms with van der Waals surface area (Å²) in [5, 5.41) is 12.8. The SMILES string of the molecule is Cn1cc(Nc2ncc3cnn(Cc4cccc(CN5CCOCC5)c4)c3n2)cn1. The Morgan fingerprint density at radius 3 is 2.67 bits per heavy atom. The van der Waals surface area contributed by atoms with Crippen molar-refractivity contribution >= 4 is 22.7 Å². The van der Waals surface area contributed by atoms with Gasteiger partial charge in [0.25, 0.3) is 0 Å². The fourth-order valence-electron chi connectivity index (χ4n) is 3.67. The van der Waals surface area contributed by atoms with Crippen LogP contribution in [0.5, 0.6) is 0 Å². The highest BCUT2D eigenvalue weighted by Gasteiger charge is 2.12. The summed E-state index contributed by atoms with van der Waals surface area (Å²) in [7, 11) is 1.87. The fraction of sp³-hybridized carbons (Fsp3) is 0.333. The molecule has 0 spiro atoms. The Kier molecular flexibility index (Phi) is 5.12. The minimum absolute atomic E-state index is 0.526. The zero-order chi connectivity index (χ0) is 20.3. The first-order chi connectivity index (χ1) is 14.7. The molecule has 0 saturated carbocycles. The molecular weight excluding hydrogens is 380 g/mol. The van der Waals surface area contributed by atoms with E-state index < -0.39 is 0 Å². The van der Waals surface area contributed by atoms with Crippen molar-refractivity contribution in [2.24, 2.45) is 7.05 Å². The van der Waals surface area contributed by atoms with E-state index in [0.29, 0.717) is 12.5 Å². The number of hydrogen-bond acceptors (Lipinski definition) is 7. The van der Waals surface area contributed by atoms with Crippen LogP contribution in [0, 0.1) is 0 Å². The molecule has 1 aliphatic heterocycles. The molecule has 1 aromatic carbocycles. The molecule has 0 unspecified atom stereocenters. The average molecular weight is 404 g/mol. The van der Waals surface area contributed by atoms with Crippen molar-refractivity contribution in [3.8, 4) is 0 Å². The van der Waals surface area contributed by atoms with Crippen molar-refractivity contribution < 1.29 is 4.74 Å². The summed E-state index contributed by atoms with van der Waals surface area (Å²) in [6.07, 6.45) is 7.22. The summed E-state index contributed by atoms with van der Waals surface area (Å²) in [5.41, 5.74) is 4.15. The van der Waals surface area contributed by atoms with Gasteiger partial charge in [-0.1, -0.05) is 24.3 Å². The van der Waals surface area contributed by atoms with Gasteiger partial charge in [0.2, 0.25) is 5.95 Å². The average Bonchev–Trinajstić information content (AvgIpc) is 3.35. The van der Waals surface area contributed by atoms with Crippen LogP contribution in [0.3, 0.4) is 0 Å². The number of benzene rings is 1. The fourth-order valence-corrected chi connectivity index (χ4v) is 3.67. The summed E-state index contributed by atoms with van der Waals surface area (Å²) in [4.78, 5) is 11.5. The number of hydrogen-bond donors (Lipinski definition) is 1. The molecule has 0 radical (unpaired) electrons. The number of rotatable bonds is 6. The molecule has 0 atom stereocenters. The van der Waals surface area contributed by atoms with Gasteiger partial charge < -0.3 is 10.1 Å². The third-order valence-electron chi connectivity index (χ3n) is 5.17. The minimum atomic E-state index is 0.526. The molecule has 9 heteroatoms. The zero-order valence-electron chi connectivity index (χ0n) is 16.9. The smallest absolute Gasteiger partial charge is 0.229 e. The number of morpholine rings is 1. The molecule has 1 saturated heterocycles. The molecule has 3 aromatic heterocycles. The number of ether oxygens (including phenoxy) is 1. The van der Waals surface area contributed by atoms with Crippen molar-refractivity contribution in [3.05, 3.63) is 60.2 Å². The summed E-state index contributed by atoms with van der Waals surface area (Å²) >= 11 is 0. The highest BCUT2D eigenvalue weighted by molar-refractivity contribution is 5.75. The van der Waals surface area contributed by atoms with Crippen molar-refractivity contribution in [2.45, 2.75) is 13.1 Å². The van der Waals surface area contributed by atoms with Gasteiger partial charge in [-0.15, -0.1) is 0 Å². The van der Waals surface area contributed by atoms with E-state index >= 15 is 0 Å². The second kappa shape index (κ2) is 8.21. The largest absolute Gasteiger partial charge is 0.379 e. The normalized spacial score (nSPS) is 15.0. The van der Waals surface area contributed by atoms with Crippen LogP contribution >= 0.6 is 0 Å². The van der Waals surface area contributed by atoms with Gasteiger partial charge in [-0.05, 0) is 11.1 Å². The standard InChI is InChI=1S/C21H24N8O/c1-27-15-19(12-23-27)25-21-22-10-18-11-24-29(20(18)26-21)14-17-4-2-3-16(9-17)13-28-5-7-30-8-6-28/h2-4,9-12,15H,5-8,13-14H2,1H3,(H,22,25,26). The molecule has 4 aromatic rings. The van der Waals surface area contributed by atoms with Crippen molar-refractivity contribution in [1.82, 2.24) is 34.4 Å². The van der Waals surface area contributed by atoms with Gasteiger partial charge in [-0.25, -0.2) is 9.67 Å². The monoisotopic (exact) mass is 404 g/mol. The molecule has 0 aliphatic carbocycles. The van der Waals surface area contributed by atoms with Crippen LogP contribution in [0.2, 0.25) is 0 Å². The molecule has 30 heavy (non-hydrogen) atoms.